The summed E-state index contributed by atoms with van der Waals surface area (Å²) in [7, 11) is 0. The third kappa shape index (κ3) is 3.61. The summed E-state index contributed by atoms with van der Waals surface area (Å²) in [5, 5.41) is 7.69. The summed E-state index contributed by atoms with van der Waals surface area (Å²) in [6.45, 7) is 4.55. The van der Waals surface area contributed by atoms with Crippen molar-refractivity contribution in [3.8, 4) is 0 Å². The highest BCUT2D eigenvalue weighted by Crippen LogP contribution is 2.32. The lowest BCUT2D eigenvalue weighted by atomic mass is 9.98. The monoisotopic (exact) mass is 356 g/mol. The fourth-order valence-electron chi connectivity index (χ4n) is 4.30. The number of urea groups is 1. The number of rotatable bonds is 4. The Hall–Kier alpha value is -2.31. The first kappa shape index (κ1) is 17.1. The number of carbonyl (C=O) groups is 1. The van der Waals surface area contributed by atoms with Crippen molar-refractivity contribution >= 4 is 11.8 Å². The molecule has 1 aliphatic heterocycles. The largest absolute Gasteiger partial charge is 0.337 e. The molecule has 1 saturated carbocycles. The van der Waals surface area contributed by atoms with Gasteiger partial charge in [-0.2, -0.15) is 5.10 Å². The van der Waals surface area contributed by atoms with Crippen molar-refractivity contribution in [1.82, 2.24) is 24.2 Å². The molecule has 1 aliphatic carbocycles. The summed E-state index contributed by atoms with van der Waals surface area (Å²) >= 11 is 0. The molecule has 2 aromatic heterocycles. The molecule has 1 atom stereocenters. The van der Waals surface area contributed by atoms with Gasteiger partial charge in [0.2, 0.25) is 0 Å². The fraction of sp³-hybridized carbons (Fsp3) is 0.632. The number of imidazole rings is 1. The molecule has 2 aromatic rings. The van der Waals surface area contributed by atoms with Gasteiger partial charge in [-0.3, -0.25) is 5.32 Å². The maximum atomic E-state index is 12.9. The molecule has 0 radical (unpaired) electrons. The first-order valence-electron chi connectivity index (χ1n) is 9.76. The van der Waals surface area contributed by atoms with Gasteiger partial charge >= 0.3 is 6.03 Å². The van der Waals surface area contributed by atoms with Crippen LogP contribution in [0.4, 0.5) is 10.6 Å². The standard InChI is InChI=1S/C19H28N6O/c1-15-11-21-25(17-6-2-3-7-17)18(15)22-19(26)24-9-4-5-16(13-24)12-23-10-8-20-14-23/h8,10-11,14,16-17H,2-7,9,12-13H2,1H3,(H,22,26)/t16-/m0/s1. The maximum absolute atomic E-state index is 12.9. The number of hydrogen-bond donors (Lipinski definition) is 1. The molecule has 0 aromatic carbocycles. The van der Waals surface area contributed by atoms with E-state index in [1.165, 1.54) is 12.8 Å². The number of carbonyl (C=O) groups excluding carboxylic acids is 1. The molecule has 4 rings (SSSR count). The minimum atomic E-state index is 0.00294. The third-order valence-corrected chi connectivity index (χ3v) is 5.71. The van der Waals surface area contributed by atoms with Gasteiger partial charge in [-0.05, 0) is 38.5 Å². The fourth-order valence-corrected chi connectivity index (χ4v) is 4.30. The Bertz CT molecular complexity index is 731. The maximum Gasteiger partial charge on any atom is 0.323 e. The van der Waals surface area contributed by atoms with E-state index in [1.807, 2.05) is 35.2 Å². The molecule has 26 heavy (non-hydrogen) atoms. The summed E-state index contributed by atoms with van der Waals surface area (Å²) in [5.74, 6) is 1.35. The highest BCUT2D eigenvalue weighted by Gasteiger charge is 2.27. The molecule has 0 unspecified atom stereocenters. The van der Waals surface area contributed by atoms with Gasteiger partial charge in [-0.15, -0.1) is 0 Å². The number of aryl methyl sites for hydroxylation is 1. The van der Waals surface area contributed by atoms with E-state index in [0.717, 1.165) is 56.7 Å². The van der Waals surface area contributed by atoms with Gasteiger partial charge in [0.1, 0.15) is 5.82 Å². The van der Waals surface area contributed by atoms with Gasteiger partial charge in [0.25, 0.3) is 0 Å². The van der Waals surface area contributed by atoms with Crippen LogP contribution in [0.15, 0.2) is 24.9 Å². The lowest BCUT2D eigenvalue weighted by Crippen LogP contribution is -2.43. The lowest BCUT2D eigenvalue weighted by molar-refractivity contribution is 0.170. The first-order chi connectivity index (χ1) is 12.7. The zero-order valence-corrected chi connectivity index (χ0v) is 15.5. The van der Waals surface area contributed by atoms with E-state index in [1.54, 1.807) is 6.20 Å². The van der Waals surface area contributed by atoms with Crippen molar-refractivity contribution in [2.24, 2.45) is 5.92 Å². The summed E-state index contributed by atoms with van der Waals surface area (Å²) in [4.78, 5) is 19.0. The molecule has 140 valence electrons. The number of nitrogens with one attached hydrogen (secondary N) is 1. The smallest absolute Gasteiger partial charge is 0.323 e. The van der Waals surface area contributed by atoms with Gasteiger partial charge in [0.15, 0.2) is 0 Å². The zero-order valence-electron chi connectivity index (χ0n) is 15.5. The molecule has 2 amide bonds. The second kappa shape index (κ2) is 7.51. The lowest BCUT2D eigenvalue weighted by Gasteiger charge is -2.33. The van der Waals surface area contributed by atoms with Gasteiger partial charge in [0.05, 0.1) is 18.6 Å². The number of aromatic nitrogens is 4. The van der Waals surface area contributed by atoms with Crippen LogP contribution in [0.3, 0.4) is 0 Å². The Balaban J connectivity index is 1.41. The van der Waals surface area contributed by atoms with Crippen molar-refractivity contribution in [2.75, 3.05) is 18.4 Å². The molecule has 2 fully saturated rings. The average molecular weight is 356 g/mol. The molecule has 0 bridgehead atoms. The topological polar surface area (TPSA) is 68.0 Å². The van der Waals surface area contributed by atoms with E-state index < -0.39 is 0 Å². The number of anilines is 1. The quantitative estimate of drug-likeness (QED) is 0.912. The normalized spacial score (nSPS) is 21.3. The summed E-state index contributed by atoms with van der Waals surface area (Å²) in [5.41, 5.74) is 1.04. The second-order valence-corrected chi connectivity index (χ2v) is 7.70. The van der Waals surface area contributed by atoms with Crippen LogP contribution in [-0.2, 0) is 6.54 Å². The molecular weight excluding hydrogens is 328 g/mol. The second-order valence-electron chi connectivity index (χ2n) is 7.70. The number of amides is 2. The Morgan fingerprint density at radius 1 is 1.27 bits per heavy atom. The van der Waals surface area contributed by atoms with Gasteiger partial charge in [-0.1, -0.05) is 12.8 Å². The van der Waals surface area contributed by atoms with Crippen LogP contribution >= 0.6 is 0 Å². The van der Waals surface area contributed by atoms with E-state index in [0.29, 0.717) is 12.0 Å². The molecule has 7 heteroatoms. The van der Waals surface area contributed by atoms with E-state index >= 15 is 0 Å². The zero-order chi connectivity index (χ0) is 17.9. The van der Waals surface area contributed by atoms with E-state index in [4.69, 9.17) is 0 Å². The molecule has 0 spiro atoms. The van der Waals surface area contributed by atoms with Crippen LogP contribution in [0.2, 0.25) is 0 Å². The van der Waals surface area contributed by atoms with Crippen molar-refractivity contribution in [2.45, 2.75) is 58.0 Å². The number of nitrogens with zero attached hydrogens (tertiary/aromatic N) is 5. The van der Waals surface area contributed by atoms with E-state index in [9.17, 15) is 4.79 Å². The van der Waals surface area contributed by atoms with Crippen LogP contribution in [0.5, 0.6) is 0 Å². The van der Waals surface area contributed by atoms with Crippen molar-refractivity contribution in [3.05, 3.63) is 30.5 Å². The average Bonchev–Trinajstić information content (AvgIpc) is 3.39. The van der Waals surface area contributed by atoms with Crippen LogP contribution in [0.25, 0.3) is 0 Å². The molecule has 7 nitrogen and oxygen atoms in total. The highest BCUT2D eigenvalue weighted by molar-refractivity contribution is 5.89. The first-order valence-corrected chi connectivity index (χ1v) is 9.76. The minimum absolute atomic E-state index is 0.00294. The number of likely N-dealkylation sites (tertiary alicyclic amines) is 1. The Morgan fingerprint density at radius 2 is 2.12 bits per heavy atom. The van der Waals surface area contributed by atoms with Gasteiger partial charge in [0, 0.05) is 37.6 Å². The molecule has 2 aliphatic rings. The van der Waals surface area contributed by atoms with Gasteiger partial charge < -0.3 is 9.47 Å². The number of piperidine rings is 1. The van der Waals surface area contributed by atoms with Crippen LogP contribution < -0.4 is 5.32 Å². The van der Waals surface area contributed by atoms with Crippen molar-refractivity contribution in [1.29, 1.82) is 0 Å². The molecular formula is C19H28N6O. The summed E-state index contributed by atoms with van der Waals surface area (Å²) < 4.78 is 4.14. The van der Waals surface area contributed by atoms with E-state index in [2.05, 4.69) is 20.0 Å². The molecule has 3 heterocycles. The third-order valence-electron chi connectivity index (χ3n) is 5.71. The van der Waals surface area contributed by atoms with E-state index in [-0.39, 0.29) is 6.03 Å². The Morgan fingerprint density at radius 3 is 2.88 bits per heavy atom. The van der Waals surface area contributed by atoms with Crippen LogP contribution in [-0.4, -0.2) is 43.4 Å². The highest BCUT2D eigenvalue weighted by atomic mass is 16.2. The molecule has 1 saturated heterocycles. The predicted molar refractivity (Wildman–Crippen MR) is 100 cm³/mol. The Labute approximate surface area is 154 Å². The SMILES string of the molecule is Cc1cnn(C2CCCC2)c1NC(=O)N1CCC[C@@H](Cn2ccnc2)C1. The van der Waals surface area contributed by atoms with Gasteiger partial charge in [-0.25, -0.2) is 14.5 Å². The minimum Gasteiger partial charge on any atom is -0.337 e. The van der Waals surface area contributed by atoms with Crippen molar-refractivity contribution < 1.29 is 4.79 Å². The predicted octanol–water partition coefficient (Wildman–Crippen LogP) is 3.45. The number of hydrogen-bond acceptors (Lipinski definition) is 3. The Kier molecular flexibility index (Phi) is 4.95. The van der Waals surface area contributed by atoms with Crippen LogP contribution in [0, 0.1) is 12.8 Å². The summed E-state index contributed by atoms with van der Waals surface area (Å²) in [6, 6.07) is 0.428. The molecule has 1 N–H and O–H groups in total. The summed E-state index contributed by atoms with van der Waals surface area (Å²) in [6.07, 6.45) is 14.5. The van der Waals surface area contributed by atoms with Crippen LogP contribution in [0.1, 0.15) is 50.1 Å². The van der Waals surface area contributed by atoms with Crippen molar-refractivity contribution in [3.63, 3.8) is 0 Å².